The highest BCUT2D eigenvalue weighted by atomic mass is 35.5. The quantitative estimate of drug-likeness (QED) is 0.672. The van der Waals surface area contributed by atoms with Crippen LogP contribution in [0.1, 0.15) is 23.7 Å². The average molecular weight is 183 g/mol. The number of halogens is 1. The van der Waals surface area contributed by atoms with Crippen LogP contribution in [0.15, 0.2) is 12.1 Å². The lowest BCUT2D eigenvalue weighted by atomic mass is 10.2. The minimum absolute atomic E-state index is 0.402. The fourth-order valence-electron chi connectivity index (χ4n) is 1.71. The van der Waals surface area contributed by atoms with Gasteiger partial charge >= 0.3 is 0 Å². The molecular formula is C9H11ClN2. The molecule has 0 amide bonds. The Kier molecular flexibility index (Phi) is 2.03. The van der Waals surface area contributed by atoms with E-state index in [4.69, 9.17) is 11.6 Å². The molecule has 1 aromatic rings. The first-order chi connectivity index (χ1) is 5.81. The second-order valence-corrected chi connectivity index (χ2v) is 3.45. The number of hydrogen-bond acceptors (Lipinski definition) is 2. The average Bonchev–Trinajstić information content (AvgIpc) is 2.46. The molecule has 0 saturated carbocycles. The van der Waals surface area contributed by atoms with Gasteiger partial charge in [-0.1, -0.05) is 17.7 Å². The summed E-state index contributed by atoms with van der Waals surface area (Å²) in [5.74, 6) is 0. The van der Waals surface area contributed by atoms with E-state index < -0.39 is 0 Å². The van der Waals surface area contributed by atoms with Gasteiger partial charge in [-0.25, -0.2) is 4.98 Å². The maximum Gasteiger partial charge on any atom is 0.129 e. The Labute approximate surface area is 77.0 Å². The standard InChI is InChI=1S/C9H11ClN2/c1-11-7-4-2-6-3-5-8(10)12-9(6)7/h3,5,7,11H,2,4H2,1H3. The summed E-state index contributed by atoms with van der Waals surface area (Å²) in [6, 6.07) is 4.33. The van der Waals surface area contributed by atoms with Crippen LogP contribution in [0.4, 0.5) is 0 Å². The molecule has 0 saturated heterocycles. The lowest BCUT2D eigenvalue weighted by Gasteiger charge is -2.08. The second kappa shape index (κ2) is 3.04. The van der Waals surface area contributed by atoms with Gasteiger partial charge in [-0.15, -0.1) is 0 Å². The van der Waals surface area contributed by atoms with E-state index in [0.717, 1.165) is 18.5 Å². The van der Waals surface area contributed by atoms with Crippen molar-refractivity contribution in [1.82, 2.24) is 10.3 Å². The molecule has 2 rings (SSSR count). The zero-order valence-corrected chi connectivity index (χ0v) is 7.73. The fraction of sp³-hybridized carbons (Fsp3) is 0.444. The summed E-state index contributed by atoms with van der Waals surface area (Å²) >= 11 is 5.81. The molecule has 3 heteroatoms. The Balaban J connectivity index is 2.42. The molecule has 1 aromatic heterocycles. The first-order valence-corrected chi connectivity index (χ1v) is 4.51. The van der Waals surface area contributed by atoms with Crippen molar-refractivity contribution in [3.8, 4) is 0 Å². The van der Waals surface area contributed by atoms with Gasteiger partial charge in [0.25, 0.3) is 0 Å². The lowest BCUT2D eigenvalue weighted by molar-refractivity contribution is 0.579. The summed E-state index contributed by atoms with van der Waals surface area (Å²) in [7, 11) is 1.96. The van der Waals surface area contributed by atoms with E-state index in [1.54, 1.807) is 0 Å². The second-order valence-electron chi connectivity index (χ2n) is 3.06. The van der Waals surface area contributed by atoms with Gasteiger partial charge in [-0.05, 0) is 31.5 Å². The monoisotopic (exact) mass is 182 g/mol. The topological polar surface area (TPSA) is 24.9 Å². The van der Waals surface area contributed by atoms with Gasteiger partial charge in [0.05, 0.1) is 5.69 Å². The predicted molar refractivity (Wildman–Crippen MR) is 49.4 cm³/mol. The summed E-state index contributed by atoms with van der Waals surface area (Å²) in [5, 5.41) is 3.82. The van der Waals surface area contributed by atoms with Gasteiger partial charge in [0.15, 0.2) is 0 Å². The first kappa shape index (κ1) is 8.02. The van der Waals surface area contributed by atoms with Crippen molar-refractivity contribution in [1.29, 1.82) is 0 Å². The van der Waals surface area contributed by atoms with Crippen LogP contribution in [-0.2, 0) is 6.42 Å². The molecule has 0 spiro atoms. The van der Waals surface area contributed by atoms with Crippen LogP contribution in [-0.4, -0.2) is 12.0 Å². The van der Waals surface area contributed by atoms with Crippen LogP contribution in [0.2, 0.25) is 5.15 Å². The summed E-state index contributed by atoms with van der Waals surface area (Å²) in [6.07, 6.45) is 2.25. The molecule has 0 fully saturated rings. The number of aryl methyl sites for hydroxylation is 1. The van der Waals surface area contributed by atoms with Gasteiger partial charge in [-0.3, -0.25) is 0 Å². The largest absolute Gasteiger partial charge is 0.312 e. The molecule has 1 N–H and O–H groups in total. The van der Waals surface area contributed by atoms with E-state index >= 15 is 0 Å². The van der Waals surface area contributed by atoms with Crippen molar-refractivity contribution in [2.45, 2.75) is 18.9 Å². The van der Waals surface area contributed by atoms with Gasteiger partial charge in [0.2, 0.25) is 0 Å². The van der Waals surface area contributed by atoms with Crippen molar-refractivity contribution in [3.63, 3.8) is 0 Å². The normalized spacial score (nSPS) is 21.0. The number of hydrogen-bond donors (Lipinski definition) is 1. The zero-order chi connectivity index (χ0) is 8.55. The number of nitrogens with zero attached hydrogens (tertiary/aromatic N) is 1. The molecule has 1 aliphatic rings. The van der Waals surface area contributed by atoms with Crippen molar-refractivity contribution >= 4 is 11.6 Å². The molecular weight excluding hydrogens is 172 g/mol. The van der Waals surface area contributed by atoms with E-state index in [1.165, 1.54) is 5.56 Å². The summed E-state index contributed by atoms with van der Waals surface area (Å²) in [5.41, 5.74) is 2.46. The van der Waals surface area contributed by atoms with Crippen LogP contribution in [0, 0.1) is 0 Å². The van der Waals surface area contributed by atoms with Gasteiger partial charge in [-0.2, -0.15) is 0 Å². The van der Waals surface area contributed by atoms with Gasteiger partial charge < -0.3 is 5.32 Å². The molecule has 1 heterocycles. The summed E-state index contributed by atoms with van der Waals surface area (Å²) < 4.78 is 0. The van der Waals surface area contributed by atoms with E-state index in [2.05, 4.69) is 16.4 Å². The number of aromatic nitrogens is 1. The molecule has 0 aliphatic heterocycles. The van der Waals surface area contributed by atoms with E-state index in [0.29, 0.717) is 11.2 Å². The van der Waals surface area contributed by atoms with Crippen molar-refractivity contribution in [2.24, 2.45) is 0 Å². The van der Waals surface area contributed by atoms with Crippen LogP contribution >= 0.6 is 11.6 Å². The molecule has 1 atom stereocenters. The number of fused-ring (bicyclic) bond motifs is 1. The Hall–Kier alpha value is -0.600. The Morgan fingerprint density at radius 2 is 2.42 bits per heavy atom. The number of pyridine rings is 1. The van der Waals surface area contributed by atoms with Crippen LogP contribution in [0.5, 0.6) is 0 Å². The third kappa shape index (κ3) is 1.21. The maximum atomic E-state index is 5.81. The van der Waals surface area contributed by atoms with Crippen LogP contribution in [0.3, 0.4) is 0 Å². The van der Waals surface area contributed by atoms with Crippen molar-refractivity contribution in [2.75, 3.05) is 7.05 Å². The Morgan fingerprint density at radius 1 is 1.58 bits per heavy atom. The van der Waals surface area contributed by atoms with Crippen LogP contribution in [0.25, 0.3) is 0 Å². The van der Waals surface area contributed by atoms with Gasteiger partial charge in [0, 0.05) is 6.04 Å². The van der Waals surface area contributed by atoms with E-state index in [1.807, 2.05) is 13.1 Å². The third-order valence-corrected chi connectivity index (χ3v) is 2.57. The first-order valence-electron chi connectivity index (χ1n) is 4.14. The minimum atomic E-state index is 0.402. The molecule has 12 heavy (non-hydrogen) atoms. The van der Waals surface area contributed by atoms with E-state index in [-0.39, 0.29) is 0 Å². The highest BCUT2D eigenvalue weighted by Gasteiger charge is 2.22. The number of nitrogens with one attached hydrogen (secondary N) is 1. The molecule has 1 aliphatic carbocycles. The van der Waals surface area contributed by atoms with Crippen molar-refractivity contribution < 1.29 is 0 Å². The van der Waals surface area contributed by atoms with Crippen molar-refractivity contribution in [3.05, 3.63) is 28.5 Å². The Morgan fingerprint density at radius 3 is 3.17 bits per heavy atom. The molecule has 64 valence electrons. The summed E-state index contributed by atoms with van der Waals surface area (Å²) in [4.78, 5) is 4.31. The Bertz CT molecular complexity index is 299. The SMILES string of the molecule is CNC1CCc2ccc(Cl)nc21. The third-order valence-electron chi connectivity index (χ3n) is 2.36. The highest BCUT2D eigenvalue weighted by molar-refractivity contribution is 6.29. The smallest absolute Gasteiger partial charge is 0.129 e. The molecule has 2 nitrogen and oxygen atoms in total. The molecule has 0 bridgehead atoms. The number of rotatable bonds is 1. The minimum Gasteiger partial charge on any atom is -0.312 e. The lowest BCUT2D eigenvalue weighted by Crippen LogP contribution is -2.14. The van der Waals surface area contributed by atoms with Crippen LogP contribution < -0.4 is 5.32 Å². The highest BCUT2D eigenvalue weighted by Crippen LogP contribution is 2.29. The summed E-state index contributed by atoms with van der Waals surface area (Å²) in [6.45, 7) is 0. The molecule has 1 unspecified atom stereocenters. The fourth-order valence-corrected chi connectivity index (χ4v) is 1.86. The molecule has 0 aromatic carbocycles. The molecule has 0 radical (unpaired) electrons. The predicted octanol–water partition coefficient (Wildman–Crippen LogP) is 1.94. The van der Waals surface area contributed by atoms with Gasteiger partial charge in [0.1, 0.15) is 5.15 Å². The maximum absolute atomic E-state index is 5.81. The zero-order valence-electron chi connectivity index (χ0n) is 6.97. The van der Waals surface area contributed by atoms with E-state index in [9.17, 15) is 0 Å².